The van der Waals surface area contributed by atoms with Gasteiger partial charge < -0.3 is 4.74 Å². The summed E-state index contributed by atoms with van der Waals surface area (Å²) in [6, 6.07) is 14.1. The van der Waals surface area contributed by atoms with Gasteiger partial charge >= 0.3 is 5.69 Å². The second-order valence-corrected chi connectivity index (χ2v) is 7.99. The Kier molecular flexibility index (Phi) is 5.88. The van der Waals surface area contributed by atoms with E-state index < -0.39 is 33.6 Å². The first kappa shape index (κ1) is 20.4. The van der Waals surface area contributed by atoms with E-state index >= 15 is 0 Å². The molecule has 0 unspecified atom stereocenters. The van der Waals surface area contributed by atoms with Gasteiger partial charge in [0, 0.05) is 6.42 Å². The van der Waals surface area contributed by atoms with Crippen LogP contribution in [0.4, 0.5) is 4.39 Å². The average Bonchev–Trinajstić information content (AvgIpc) is 2.71. The molecular formula is C20H17FN2O5S. The number of methoxy groups -OCH3 is 1. The highest BCUT2D eigenvalue weighted by atomic mass is 32.2. The van der Waals surface area contributed by atoms with Gasteiger partial charge in [0.1, 0.15) is 11.5 Å². The Labute approximate surface area is 166 Å². The van der Waals surface area contributed by atoms with Gasteiger partial charge in [-0.3, -0.25) is 4.79 Å². The SMILES string of the molecule is COc1ccc(S(=O)(=O)n2cc(F)c(CC(=O)Cc3ccccc3)nc2=O)cc1. The number of ketones is 1. The molecule has 1 heterocycles. The number of rotatable bonds is 7. The Morgan fingerprint density at radius 2 is 1.72 bits per heavy atom. The molecule has 0 fully saturated rings. The van der Waals surface area contributed by atoms with E-state index in [1.165, 1.54) is 31.4 Å². The zero-order valence-electron chi connectivity index (χ0n) is 15.4. The van der Waals surface area contributed by atoms with E-state index in [2.05, 4.69) is 4.98 Å². The van der Waals surface area contributed by atoms with Crippen molar-refractivity contribution in [1.29, 1.82) is 0 Å². The maximum Gasteiger partial charge on any atom is 0.362 e. The highest BCUT2D eigenvalue weighted by Crippen LogP contribution is 2.17. The maximum absolute atomic E-state index is 14.4. The molecule has 0 saturated carbocycles. The van der Waals surface area contributed by atoms with Crippen molar-refractivity contribution in [1.82, 2.24) is 8.96 Å². The van der Waals surface area contributed by atoms with Crippen LogP contribution in [0.15, 0.2) is 70.5 Å². The van der Waals surface area contributed by atoms with Gasteiger partial charge in [-0.25, -0.2) is 17.6 Å². The third-order valence-electron chi connectivity index (χ3n) is 4.15. The van der Waals surface area contributed by atoms with Crippen molar-refractivity contribution >= 4 is 15.8 Å². The molecule has 0 atom stereocenters. The monoisotopic (exact) mass is 416 g/mol. The lowest BCUT2D eigenvalue weighted by atomic mass is 10.1. The number of hydrogen-bond acceptors (Lipinski definition) is 6. The van der Waals surface area contributed by atoms with Gasteiger partial charge in [0.2, 0.25) is 0 Å². The van der Waals surface area contributed by atoms with Crippen molar-refractivity contribution in [3.8, 4) is 5.75 Å². The highest BCUT2D eigenvalue weighted by Gasteiger charge is 2.22. The first-order chi connectivity index (χ1) is 13.8. The standard InChI is InChI=1S/C20H17FN2O5S/c1-28-16-7-9-17(10-8-16)29(26,27)23-13-18(21)19(22-20(23)25)12-15(24)11-14-5-3-2-4-6-14/h2-10,13H,11-12H2,1H3. The number of hydrogen-bond donors (Lipinski definition) is 0. The molecule has 9 heteroatoms. The van der Waals surface area contributed by atoms with E-state index in [4.69, 9.17) is 4.74 Å². The molecule has 0 aliphatic heterocycles. The molecule has 0 spiro atoms. The molecule has 0 radical (unpaired) electrons. The van der Waals surface area contributed by atoms with Crippen molar-refractivity contribution in [2.45, 2.75) is 17.7 Å². The summed E-state index contributed by atoms with van der Waals surface area (Å²) in [4.78, 5) is 27.7. The molecule has 3 aromatic rings. The van der Waals surface area contributed by atoms with Gasteiger partial charge in [-0.15, -0.1) is 0 Å². The summed E-state index contributed by atoms with van der Waals surface area (Å²) in [7, 11) is -2.93. The normalized spacial score (nSPS) is 11.2. The topological polar surface area (TPSA) is 95.3 Å². The first-order valence-electron chi connectivity index (χ1n) is 8.54. The van der Waals surface area contributed by atoms with Gasteiger partial charge in [0.05, 0.1) is 30.3 Å². The van der Waals surface area contributed by atoms with E-state index in [9.17, 15) is 22.4 Å². The Balaban J connectivity index is 1.86. The van der Waals surface area contributed by atoms with E-state index in [0.29, 0.717) is 11.9 Å². The summed E-state index contributed by atoms with van der Waals surface area (Å²) in [5.74, 6) is -0.978. The third kappa shape index (κ3) is 4.57. The van der Waals surface area contributed by atoms with E-state index in [-0.39, 0.29) is 21.1 Å². The molecule has 3 rings (SSSR count). The molecule has 2 aromatic carbocycles. The van der Waals surface area contributed by atoms with E-state index in [1.54, 1.807) is 30.3 Å². The van der Waals surface area contributed by atoms with Crippen molar-refractivity contribution in [3.63, 3.8) is 0 Å². The predicted molar refractivity (Wildman–Crippen MR) is 103 cm³/mol. The summed E-state index contributed by atoms with van der Waals surface area (Å²) in [5.41, 5.74) is -0.838. The number of Topliss-reactive ketones (excluding diaryl/α,β-unsaturated/α-hetero) is 1. The molecule has 7 nitrogen and oxygen atoms in total. The fraction of sp³-hybridized carbons (Fsp3) is 0.150. The van der Waals surface area contributed by atoms with Gasteiger partial charge in [-0.2, -0.15) is 8.96 Å². The lowest BCUT2D eigenvalue weighted by molar-refractivity contribution is -0.117. The molecule has 1 aromatic heterocycles. The van der Waals surface area contributed by atoms with Crippen LogP contribution in [0.1, 0.15) is 11.3 Å². The fourth-order valence-electron chi connectivity index (χ4n) is 2.68. The number of aromatic nitrogens is 2. The van der Waals surface area contributed by atoms with Crippen LogP contribution >= 0.6 is 0 Å². The summed E-state index contributed by atoms with van der Waals surface area (Å²) in [6.45, 7) is 0. The third-order valence-corrected chi connectivity index (χ3v) is 5.80. The molecule has 0 aliphatic carbocycles. The molecule has 0 bridgehead atoms. The quantitative estimate of drug-likeness (QED) is 0.585. The Morgan fingerprint density at radius 3 is 2.34 bits per heavy atom. The second-order valence-electron chi connectivity index (χ2n) is 6.17. The number of benzene rings is 2. The van der Waals surface area contributed by atoms with Crippen molar-refractivity contribution < 1.29 is 22.3 Å². The zero-order chi connectivity index (χ0) is 21.0. The Hall–Kier alpha value is -3.33. The minimum absolute atomic E-state index is 0.0508. The zero-order valence-corrected chi connectivity index (χ0v) is 16.2. The molecule has 29 heavy (non-hydrogen) atoms. The smallest absolute Gasteiger partial charge is 0.362 e. The van der Waals surface area contributed by atoms with Crippen LogP contribution in [0, 0.1) is 5.82 Å². The highest BCUT2D eigenvalue weighted by molar-refractivity contribution is 7.90. The van der Waals surface area contributed by atoms with Gasteiger partial charge in [0.25, 0.3) is 10.0 Å². The van der Waals surface area contributed by atoms with Crippen LogP contribution in [0.2, 0.25) is 0 Å². The largest absolute Gasteiger partial charge is 0.497 e. The fourth-order valence-corrected chi connectivity index (χ4v) is 3.87. The number of halogens is 1. The minimum Gasteiger partial charge on any atom is -0.497 e. The maximum atomic E-state index is 14.4. The van der Waals surface area contributed by atoms with Gasteiger partial charge in [0.15, 0.2) is 5.82 Å². The number of carbonyl (C=O) groups excluding carboxylic acids is 1. The van der Waals surface area contributed by atoms with Crippen molar-refractivity contribution in [2.24, 2.45) is 0 Å². The van der Waals surface area contributed by atoms with Crippen molar-refractivity contribution in [2.75, 3.05) is 7.11 Å². The Bertz CT molecular complexity index is 1190. The number of carbonyl (C=O) groups is 1. The van der Waals surface area contributed by atoms with Crippen LogP contribution in [0.25, 0.3) is 0 Å². The molecule has 0 aliphatic rings. The summed E-state index contributed by atoms with van der Waals surface area (Å²) >= 11 is 0. The van der Waals surface area contributed by atoms with Crippen LogP contribution in [-0.4, -0.2) is 30.3 Å². The summed E-state index contributed by atoms with van der Waals surface area (Å²) in [6.07, 6.45) is 0.175. The van der Waals surface area contributed by atoms with E-state index in [0.717, 1.165) is 5.56 Å². The van der Waals surface area contributed by atoms with Crippen LogP contribution in [0.5, 0.6) is 5.75 Å². The summed E-state index contributed by atoms with van der Waals surface area (Å²) < 4.78 is 44.9. The molecule has 0 saturated heterocycles. The number of ether oxygens (including phenoxy) is 1. The molecule has 0 amide bonds. The Morgan fingerprint density at radius 1 is 1.07 bits per heavy atom. The lowest BCUT2D eigenvalue weighted by Gasteiger charge is -2.09. The number of nitrogens with zero attached hydrogens (tertiary/aromatic N) is 2. The van der Waals surface area contributed by atoms with E-state index in [1.807, 2.05) is 0 Å². The minimum atomic E-state index is -4.35. The molecule has 0 N–H and O–H groups in total. The first-order valence-corrected chi connectivity index (χ1v) is 9.98. The van der Waals surface area contributed by atoms with Crippen LogP contribution in [-0.2, 0) is 27.7 Å². The van der Waals surface area contributed by atoms with Crippen molar-refractivity contribution in [3.05, 3.63) is 88.4 Å². The predicted octanol–water partition coefficient (Wildman–Crippen LogP) is 1.98. The van der Waals surface area contributed by atoms with Crippen LogP contribution in [0.3, 0.4) is 0 Å². The van der Waals surface area contributed by atoms with Crippen LogP contribution < -0.4 is 10.4 Å². The second kappa shape index (κ2) is 8.36. The van der Waals surface area contributed by atoms with Gasteiger partial charge in [-0.05, 0) is 29.8 Å². The van der Waals surface area contributed by atoms with Gasteiger partial charge in [-0.1, -0.05) is 30.3 Å². The average molecular weight is 416 g/mol. The summed E-state index contributed by atoms with van der Waals surface area (Å²) in [5, 5.41) is 0. The molecule has 150 valence electrons. The lowest BCUT2D eigenvalue weighted by Crippen LogP contribution is -2.31. The molecular weight excluding hydrogens is 399 g/mol.